The van der Waals surface area contributed by atoms with Crippen molar-refractivity contribution in [2.24, 2.45) is 5.92 Å². The summed E-state index contributed by atoms with van der Waals surface area (Å²) in [4.78, 5) is 12.7. The van der Waals surface area contributed by atoms with E-state index in [1.54, 1.807) is 39.1 Å². The zero-order valence-corrected chi connectivity index (χ0v) is 14.6. The second-order valence-corrected chi connectivity index (χ2v) is 7.51. The maximum absolute atomic E-state index is 12.7. The maximum Gasteiger partial charge on any atom is 0.300 e. The molecule has 1 aliphatic rings. The van der Waals surface area contributed by atoms with Gasteiger partial charge in [0.05, 0.1) is 0 Å². The van der Waals surface area contributed by atoms with Crippen LogP contribution in [0.4, 0.5) is 0 Å². The first kappa shape index (κ1) is 15.7. The summed E-state index contributed by atoms with van der Waals surface area (Å²) in [6.45, 7) is 0. The lowest BCUT2D eigenvalue weighted by atomic mass is 10.1. The van der Waals surface area contributed by atoms with Crippen molar-refractivity contribution in [3.63, 3.8) is 0 Å². The SMILES string of the molecule is O=c1c2nnc(SCC3CCCC3)n2ccn1-c1ccc(Cl)cc1. The van der Waals surface area contributed by atoms with Crippen LogP contribution in [0.5, 0.6) is 0 Å². The van der Waals surface area contributed by atoms with E-state index >= 15 is 0 Å². The number of aromatic nitrogens is 4. The lowest BCUT2D eigenvalue weighted by molar-refractivity contribution is 0.622. The summed E-state index contributed by atoms with van der Waals surface area (Å²) in [7, 11) is 0. The molecule has 1 aromatic carbocycles. The zero-order chi connectivity index (χ0) is 16.5. The lowest BCUT2D eigenvalue weighted by Crippen LogP contribution is -2.20. The van der Waals surface area contributed by atoms with Crippen LogP contribution in [-0.4, -0.2) is 24.9 Å². The molecule has 0 bridgehead atoms. The summed E-state index contributed by atoms with van der Waals surface area (Å²) in [6, 6.07) is 7.15. The molecule has 0 unspecified atom stereocenters. The number of hydrogen-bond acceptors (Lipinski definition) is 4. The second kappa shape index (κ2) is 6.61. The van der Waals surface area contributed by atoms with E-state index in [4.69, 9.17) is 11.6 Å². The lowest BCUT2D eigenvalue weighted by Gasteiger charge is -2.08. The van der Waals surface area contributed by atoms with E-state index < -0.39 is 0 Å². The molecular weight excluding hydrogens is 344 g/mol. The van der Waals surface area contributed by atoms with Gasteiger partial charge in [0.1, 0.15) is 0 Å². The molecule has 0 N–H and O–H groups in total. The summed E-state index contributed by atoms with van der Waals surface area (Å²) in [6.07, 6.45) is 8.86. The predicted octanol–water partition coefficient (Wildman–Crippen LogP) is 3.82. The number of fused-ring (bicyclic) bond motifs is 1. The van der Waals surface area contributed by atoms with Crippen LogP contribution in [-0.2, 0) is 0 Å². The van der Waals surface area contributed by atoms with Gasteiger partial charge in [0, 0.05) is 28.9 Å². The molecule has 1 saturated carbocycles. The molecule has 1 aliphatic carbocycles. The van der Waals surface area contributed by atoms with Crippen molar-refractivity contribution >= 4 is 29.0 Å². The first-order chi connectivity index (χ1) is 11.7. The molecule has 7 heteroatoms. The average Bonchev–Trinajstić information content (AvgIpc) is 3.24. The van der Waals surface area contributed by atoms with Crippen molar-refractivity contribution < 1.29 is 0 Å². The van der Waals surface area contributed by atoms with Gasteiger partial charge in [-0.2, -0.15) is 0 Å². The van der Waals surface area contributed by atoms with Gasteiger partial charge in [-0.15, -0.1) is 10.2 Å². The zero-order valence-electron chi connectivity index (χ0n) is 13.1. The van der Waals surface area contributed by atoms with Gasteiger partial charge in [0.25, 0.3) is 0 Å². The van der Waals surface area contributed by atoms with E-state index in [1.807, 2.05) is 18.3 Å². The molecule has 0 amide bonds. The number of rotatable bonds is 4. The molecule has 5 nitrogen and oxygen atoms in total. The van der Waals surface area contributed by atoms with E-state index in [-0.39, 0.29) is 5.56 Å². The minimum absolute atomic E-state index is 0.181. The number of hydrogen-bond donors (Lipinski definition) is 0. The molecule has 0 aliphatic heterocycles. The highest BCUT2D eigenvalue weighted by atomic mass is 35.5. The third-order valence-corrected chi connectivity index (χ3v) is 5.89. The van der Waals surface area contributed by atoms with Crippen LogP contribution in [0.3, 0.4) is 0 Å². The largest absolute Gasteiger partial charge is 0.300 e. The quantitative estimate of drug-likeness (QED) is 0.664. The normalized spacial score (nSPS) is 15.4. The summed E-state index contributed by atoms with van der Waals surface area (Å²) < 4.78 is 3.35. The smallest absolute Gasteiger partial charge is 0.280 e. The van der Waals surface area contributed by atoms with Gasteiger partial charge in [-0.05, 0) is 43.0 Å². The highest BCUT2D eigenvalue weighted by molar-refractivity contribution is 7.99. The summed E-state index contributed by atoms with van der Waals surface area (Å²) >= 11 is 7.60. The highest BCUT2D eigenvalue weighted by Crippen LogP contribution is 2.30. The molecule has 24 heavy (non-hydrogen) atoms. The highest BCUT2D eigenvalue weighted by Gasteiger charge is 2.17. The third kappa shape index (κ3) is 2.96. The Morgan fingerprint density at radius 2 is 1.88 bits per heavy atom. The van der Waals surface area contributed by atoms with E-state index in [0.29, 0.717) is 10.7 Å². The molecule has 0 atom stereocenters. The molecule has 1 fully saturated rings. The fraction of sp³-hybridized carbons (Fsp3) is 0.353. The maximum atomic E-state index is 12.7. The number of nitrogens with zero attached hydrogens (tertiary/aromatic N) is 4. The van der Waals surface area contributed by atoms with E-state index in [2.05, 4.69) is 10.2 Å². The summed E-state index contributed by atoms with van der Waals surface area (Å²) in [5, 5.41) is 9.74. The van der Waals surface area contributed by atoms with Crippen LogP contribution in [0.1, 0.15) is 25.7 Å². The number of halogens is 1. The molecule has 4 rings (SSSR count). The van der Waals surface area contributed by atoms with Crippen LogP contribution in [0, 0.1) is 5.92 Å². The molecule has 124 valence electrons. The van der Waals surface area contributed by atoms with E-state index in [9.17, 15) is 4.79 Å². The van der Waals surface area contributed by atoms with Gasteiger partial charge in [-0.3, -0.25) is 13.8 Å². The molecule has 0 radical (unpaired) electrons. The first-order valence-electron chi connectivity index (χ1n) is 8.07. The fourth-order valence-corrected chi connectivity index (χ4v) is 4.37. The van der Waals surface area contributed by atoms with Gasteiger partial charge in [-0.25, -0.2) is 0 Å². The standard InChI is InChI=1S/C17H17ClN4OS/c18-13-5-7-14(8-6-13)21-9-10-22-15(16(21)23)19-20-17(22)24-11-12-3-1-2-4-12/h5-10,12H,1-4,11H2. The topological polar surface area (TPSA) is 52.2 Å². The van der Waals surface area contributed by atoms with Crippen LogP contribution >= 0.6 is 23.4 Å². The second-order valence-electron chi connectivity index (χ2n) is 6.09. The average molecular weight is 361 g/mol. The first-order valence-corrected chi connectivity index (χ1v) is 9.44. The Labute approximate surface area is 148 Å². The fourth-order valence-electron chi connectivity index (χ4n) is 3.14. The van der Waals surface area contributed by atoms with Crippen molar-refractivity contribution in [2.75, 3.05) is 5.75 Å². The Morgan fingerprint density at radius 1 is 1.12 bits per heavy atom. The molecule has 0 saturated heterocycles. The van der Waals surface area contributed by atoms with Gasteiger partial charge >= 0.3 is 5.56 Å². The van der Waals surface area contributed by atoms with Crippen molar-refractivity contribution in [1.29, 1.82) is 0 Å². The van der Waals surface area contributed by atoms with Gasteiger partial charge in [0.15, 0.2) is 5.16 Å². The number of benzene rings is 1. The van der Waals surface area contributed by atoms with Crippen molar-refractivity contribution in [1.82, 2.24) is 19.2 Å². The van der Waals surface area contributed by atoms with Crippen molar-refractivity contribution in [3.05, 3.63) is 52.0 Å². The van der Waals surface area contributed by atoms with Gasteiger partial charge < -0.3 is 0 Å². The van der Waals surface area contributed by atoms with E-state index in [0.717, 1.165) is 22.5 Å². The Kier molecular flexibility index (Phi) is 4.33. The summed E-state index contributed by atoms with van der Waals surface area (Å²) in [5.41, 5.74) is 0.927. The Balaban J connectivity index is 1.65. The Morgan fingerprint density at radius 3 is 2.62 bits per heavy atom. The monoisotopic (exact) mass is 360 g/mol. The van der Waals surface area contributed by atoms with Crippen molar-refractivity contribution in [3.8, 4) is 5.69 Å². The minimum atomic E-state index is -0.181. The van der Waals surface area contributed by atoms with Crippen LogP contribution in [0.25, 0.3) is 11.3 Å². The molecular formula is C17H17ClN4OS. The Bertz CT molecular complexity index is 912. The minimum Gasteiger partial charge on any atom is -0.280 e. The molecule has 0 spiro atoms. The van der Waals surface area contributed by atoms with Gasteiger partial charge in [0.2, 0.25) is 5.65 Å². The molecule has 3 aromatic rings. The van der Waals surface area contributed by atoms with Crippen LogP contribution in [0.2, 0.25) is 5.02 Å². The van der Waals surface area contributed by atoms with E-state index in [1.165, 1.54) is 25.7 Å². The predicted molar refractivity (Wildman–Crippen MR) is 96.3 cm³/mol. The van der Waals surface area contributed by atoms with Crippen LogP contribution < -0.4 is 5.56 Å². The summed E-state index contributed by atoms with van der Waals surface area (Å²) in [5.74, 6) is 1.80. The number of thioether (sulfide) groups is 1. The molecule has 2 heterocycles. The Hall–Kier alpha value is -1.79. The molecule has 2 aromatic heterocycles. The van der Waals surface area contributed by atoms with Crippen LogP contribution in [0.15, 0.2) is 46.6 Å². The van der Waals surface area contributed by atoms with Crippen molar-refractivity contribution in [2.45, 2.75) is 30.8 Å². The third-order valence-electron chi connectivity index (χ3n) is 4.47. The van der Waals surface area contributed by atoms with Gasteiger partial charge in [-0.1, -0.05) is 36.2 Å².